The van der Waals surface area contributed by atoms with Crippen molar-refractivity contribution < 1.29 is 9.53 Å². The third-order valence-electron chi connectivity index (χ3n) is 4.85. The van der Waals surface area contributed by atoms with Crippen LogP contribution in [0.15, 0.2) is 54.7 Å². The Morgan fingerprint density at radius 1 is 1.15 bits per heavy atom. The molecular weight excluding hydrogens is 326 g/mol. The predicted octanol–water partition coefficient (Wildman–Crippen LogP) is 3.46. The SMILES string of the molecule is Cc1ccc(OC2CN(C(=O)NCc3ccc4c(ccn4C)c3)C2)cc1. The van der Waals surface area contributed by atoms with E-state index in [0.29, 0.717) is 19.6 Å². The second-order valence-corrected chi connectivity index (χ2v) is 6.94. The lowest BCUT2D eigenvalue weighted by molar-refractivity contribution is 0.0443. The summed E-state index contributed by atoms with van der Waals surface area (Å²) in [5, 5.41) is 4.18. The van der Waals surface area contributed by atoms with E-state index in [0.717, 1.165) is 11.3 Å². The van der Waals surface area contributed by atoms with Gasteiger partial charge in [-0.05, 0) is 48.2 Å². The Hall–Kier alpha value is -2.95. The summed E-state index contributed by atoms with van der Waals surface area (Å²) < 4.78 is 7.96. The normalized spacial score (nSPS) is 14.3. The molecule has 0 unspecified atom stereocenters. The molecule has 26 heavy (non-hydrogen) atoms. The highest BCUT2D eigenvalue weighted by molar-refractivity contribution is 5.81. The number of ether oxygens (including phenoxy) is 1. The molecule has 5 heteroatoms. The van der Waals surface area contributed by atoms with E-state index < -0.39 is 0 Å². The Morgan fingerprint density at radius 2 is 1.92 bits per heavy atom. The highest BCUT2D eigenvalue weighted by Gasteiger charge is 2.32. The van der Waals surface area contributed by atoms with Gasteiger partial charge >= 0.3 is 6.03 Å². The molecule has 134 valence electrons. The van der Waals surface area contributed by atoms with E-state index in [1.807, 2.05) is 37.5 Å². The fourth-order valence-electron chi connectivity index (χ4n) is 3.22. The molecule has 5 nitrogen and oxygen atoms in total. The fourth-order valence-corrected chi connectivity index (χ4v) is 3.22. The number of rotatable bonds is 4. The highest BCUT2D eigenvalue weighted by atomic mass is 16.5. The molecule has 1 aliphatic heterocycles. The molecule has 1 aromatic heterocycles. The van der Waals surface area contributed by atoms with Crippen molar-refractivity contribution in [2.24, 2.45) is 7.05 Å². The van der Waals surface area contributed by atoms with Gasteiger partial charge in [0.15, 0.2) is 0 Å². The van der Waals surface area contributed by atoms with E-state index in [-0.39, 0.29) is 12.1 Å². The summed E-state index contributed by atoms with van der Waals surface area (Å²) in [4.78, 5) is 14.0. The van der Waals surface area contributed by atoms with Gasteiger partial charge < -0.3 is 19.5 Å². The number of fused-ring (bicyclic) bond motifs is 1. The monoisotopic (exact) mass is 349 g/mol. The van der Waals surface area contributed by atoms with Crippen LogP contribution in [0.25, 0.3) is 10.9 Å². The number of carbonyl (C=O) groups excluding carboxylic acids is 1. The highest BCUT2D eigenvalue weighted by Crippen LogP contribution is 2.19. The van der Waals surface area contributed by atoms with Crippen LogP contribution in [-0.2, 0) is 13.6 Å². The summed E-state index contributed by atoms with van der Waals surface area (Å²) in [7, 11) is 2.03. The Bertz CT molecular complexity index is 924. The van der Waals surface area contributed by atoms with Gasteiger partial charge in [0, 0.05) is 25.3 Å². The molecule has 2 aromatic carbocycles. The fraction of sp³-hybridized carbons (Fsp3) is 0.286. The van der Waals surface area contributed by atoms with Crippen molar-refractivity contribution in [3.63, 3.8) is 0 Å². The van der Waals surface area contributed by atoms with E-state index in [9.17, 15) is 4.79 Å². The third-order valence-corrected chi connectivity index (χ3v) is 4.85. The van der Waals surface area contributed by atoms with Gasteiger partial charge in [-0.2, -0.15) is 0 Å². The first-order chi connectivity index (χ1) is 12.6. The molecule has 2 amide bonds. The molecule has 1 N–H and O–H groups in total. The number of carbonyl (C=O) groups is 1. The van der Waals surface area contributed by atoms with E-state index in [1.54, 1.807) is 4.90 Å². The lowest BCUT2D eigenvalue weighted by Crippen LogP contribution is -2.58. The molecule has 4 rings (SSSR count). The van der Waals surface area contributed by atoms with E-state index in [1.165, 1.54) is 16.5 Å². The molecule has 1 saturated heterocycles. The number of aromatic nitrogens is 1. The summed E-state index contributed by atoms with van der Waals surface area (Å²) in [5.74, 6) is 0.858. The molecule has 2 heterocycles. The van der Waals surface area contributed by atoms with Gasteiger partial charge in [-0.25, -0.2) is 4.79 Å². The number of aryl methyl sites for hydroxylation is 2. The van der Waals surface area contributed by atoms with Crippen LogP contribution in [0.4, 0.5) is 4.79 Å². The molecule has 3 aromatic rings. The maximum absolute atomic E-state index is 12.3. The van der Waals surface area contributed by atoms with Gasteiger partial charge in [0.1, 0.15) is 11.9 Å². The number of amides is 2. The van der Waals surface area contributed by atoms with Crippen LogP contribution in [-0.4, -0.2) is 34.7 Å². The molecule has 0 saturated carbocycles. The summed E-state index contributed by atoms with van der Waals surface area (Å²) in [6.07, 6.45) is 2.12. The maximum Gasteiger partial charge on any atom is 0.317 e. The van der Waals surface area contributed by atoms with Gasteiger partial charge in [-0.15, -0.1) is 0 Å². The summed E-state index contributed by atoms with van der Waals surface area (Å²) in [6.45, 7) is 3.83. The molecule has 0 radical (unpaired) electrons. The minimum Gasteiger partial charge on any atom is -0.487 e. The summed E-state index contributed by atoms with van der Waals surface area (Å²) in [5.41, 5.74) is 3.50. The first-order valence-electron chi connectivity index (χ1n) is 8.88. The van der Waals surface area contributed by atoms with Crippen molar-refractivity contribution in [2.45, 2.75) is 19.6 Å². The number of likely N-dealkylation sites (tertiary alicyclic amines) is 1. The van der Waals surface area contributed by atoms with Gasteiger partial charge in [-0.1, -0.05) is 23.8 Å². The van der Waals surface area contributed by atoms with Gasteiger partial charge in [0.05, 0.1) is 13.1 Å². The average Bonchev–Trinajstić information content (AvgIpc) is 2.98. The van der Waals surface area contributed by atoms with Crippen molar-refractivity contribution in [3.8, 4) is 5.75 Å². The smallest absolute Gasteiger partial charge is 0.317 e. The predicted molar refractivity (Wildman–Crippen MR) is 102 cm³/mol. The minimum absolute atomic E-state index is 0.0399. The number of urea groups is 1. The molecule has 0 bridgehead atoms. The second-order valence-electron chi connectivity index (χ2n) is 6.94. The van der Waals surface area contributed by atoms with E-state index >= 15 is 0 Å². The van der Waals surface area contributed by atoms with E-state index in [4.69, 9.17) is 4.74 Å². The minimum atomic E-state index is -0.0399. The topological polar surface area (TPSA) is 46.5 Å². The Kier molecular flexibility index (Phi) is 4.29. The molecule has 0 aliphatic carbocycles. The Labute approximate surface area is 153 Å². The third kappa shape index (κ3) is 3.38. The lowest BCUT2D eigenvalue weighted by Gasteiger charge is -2.38. The van der Waals surface area contributed by atoms with Crippen molar-refractivity contribution in [2.75, 3.05) is 13.1 Å². The van der Waals surface area contributed by atoms with Crippen molar-refractivity contribution >= 4 is 16.9 Å². The molecular formula is C21H23N3O2. The molecule has 0 atom stereocenters. The standard InChI is InChI=1S/C21H23N3O2/c1-15-3-6-18(7-4-15)26-19-13-24(14-19)21(25)22-12-16-5-8-20-17(11-16)9-10-23(20)2/h3-11,19H,12-14H2,1-2H3,(H,22,25). The molecule has 1 fully saturated rings. The van der Waals surface area contributed by atoms with Crippen LogP contribution >= 0.6 is 0 Å². The second kappa shape index (κ2) is 6.75. The number of nitrogens with one attached hydrogen (secondary N) is 1. The van der Waals surface area contributed by atoms with Crippen molar-refractivity contribution in [3.05, 3.63) is 65.9 Å². The average molecular weight is 349 g/mol. The van der Waals surface area contributed by atoms with E-state index in [2.05, 4.69) is 41.1 Å². The molecule has 1 aliphatic rings. The zero-order valence-corrected chi connectivity index (χ0v) is 15.1. The van der Waals surface area contributed by atoms with Gasteiger partial charge in [0.2, 0.25) is 0 Å². The van der Waals surface area contributed by atoms with Gasteiger partial charge in [0.25, 0.3) is 0 Å². The van der Waals surface area contributed by atoms with Crippen LogP contribution < -0.4 is 10.1 Å². The van der Waals surface area contributed by atoms with Crippen molar-refractivity contribution in [1.82, 2.24) is 14.8 Å². The Morgan fingerprint density at radius 3 is 2.69 bits per heavy atom. The zero-order chi connectivity index (χ0) is 18.1. The quantitative estimate of drug-likeness (QED) is 0.784. The first kappa shape index (κ1) is 16.5. The van der Waals surface area contributed by atoms with Crippen LogP contribution in [0, 0.1) is 6.92 Å². The largest absolute Gasteiger partial charge is 0.487 e. The number of hydrogen-bond donors (Lipinski definition) is 1. The first-order valence-corrected chi connectivity index (χ1v) is 8.88. The van der Waals surface area contributed by atoms with Crippen LogP contribution in [0.1, 0.15) is 11.1 Å². The lowest BCUT2D eigenvalue weighted by atomic mass is 10.1. The number of hydrogen-bond acceptors (Lipinski definition) is 2. The number of benzene rings is 2. The number of nitrogens with zero attached hydrogens (tertiary/aromatic N) is 2. The zero-order valence-electron chi connectivity index (χ0n) is 15.1. The van der Waals surface area contributed by atoms with Gasteiger partial charge in [-0.3, -0.25) is 0 Å². The summed E-state index contributed by atoms with van der Waals surface area (Å²) >= 11 is 0. The van der Waals surface area contributed by atoms with Crippen LogP contribution in [0.2, 0.25) is 0 Å². The van der Waals surface area contributed by atoms with Crippen molar-refractivity contribution in [1.29, 1.82) is 0 Å². The van der Waals surface area contributed by atoms with Crippen LogP contribution in [0.3, 0.4) is 0 Å². The molecule has 0 spiro atoms. The summed E-state index contributed by atoms with van der Waals surface area (Å²) in [6, 6.07) is 16.3. The van der Waals surface area contributed by atoms with Crippen LogP contribution in [0.5, 0.6) is 5.75 Å². The Balaban J connectivity index is 1.26. The maximum atomic E-state index is 12.3.